The maximum atomic E-state index is 12.6. The van der Waals surface area contributed by atoms with Crippen molar-refractivity contribution in [3.05, 3.63) is 53.7 Å². The molecule has 1 aromatic heterocycles. The third-order valence-corrected chi connectivity index (χ3v) is 4.21. The number of rotatable bonds is 6. The van der Waals surface area contributed by atoms with Crippen molar-refractivity contribution in [2.75, 3.05) is 13.2 Å². The molecule has 2 aromatic rings. The molecule has 0 bridgehead atoms. The van der Waals surface area contributed by atoms with Crippen LogP contribution in [0.25, 0.3) is 11.3 Å². The van der Waals surface area contributed by atoms with Gasteiger partial charge in [-0.05, 0) is 37.6 Å². The van der Waals surface area contributed by atoms with Crippen LogP contribution < -0.4 is 0 Å². The first kappa shape index (κ1) is 20.6. The number of ether oxygens (including phenoxy) is 1. The van der Waals surface area contributed by atoms with Crippen molar-refractivity contribution in [1.82, 2.24) is 9.88 Å². The number of nitrogens with zero attached hydrogens (tertiary/aromatic N) is 2. The molecule has 0 atom stereocenters. The van der Waals surface area contributed by atoms with Crippen molar-refractivity contribution >= 4 is 11.9 Å². The van der Waals surface area contributed by atoms with Crippen LogP contribution in [0, 0.1) is 5.41 Å². The number of hydrogen-bond donors (Lipinski definition) is 0. The van der Waals surface area contributed by atoms with Gasteiger partial charge in [-0.1, -0.05) is 39.0 Å². The fourth-order valence-corrected chi connectivity index (χ4v) is 2.84. The molecule has 0 fully saturated rings. The van der Waals surface area contributed by atoms with Crippen LogP contribution in [0.3, 0.4) is 0 Å². The van der Waals surface area contributed by atoms with Gasteiger partial charge in [-0.2, -0.15) is 0 Å². The average Bonchev–Trinajstić information content (AvgIpc) is 2.65. The lowest BCUT2D eigenvalue weighted by Crippen LogP contribution is -2.38. The van der Waals surface area contributed by atoms with Crippen LogP contribution >= 0.6 is 0 Å². The fraction of sp³-hybridized carbons (Fsp3) is 0.409. The molecule has 0 aliphatic carbocycles. The van der Waals surface area contributed by atoms with Crippen molar-refractivity contribution in [2.24, 2.45) is 5.41 Å². The van der Waals surface area contributed by atoms with Gasteiger partial charge in [0.2, 0.25) is 5.91 Å². The molecule has 0 saturated carbocycles. The lowest BCUT2D eigenvalue weighted by molar-refractivity contribution is -0.139. The summed E-state index contributed by atoms with van der Waals surface area (Å²) in [4.78, 5) is 31.1. The molecule has 5 heteroatoms. The molecule has 144 valence electrons. The highest BCUT2D eigenvalue weighted by molar-refractivity contribution is 5.96. The molecule has 0 N–H and O–H groups in total. The summed E-state index contributed by atoms with van der Waals surface area (Å²) in [5.41, 5.74) is 2.45. The number of carbonyl (C=O) groups is 2. The summed E-state index contributed by atoms with van der Waals surface area (Å²) >= 11 is 0. The van der Waals surface area contributed by atoms with E-state index in [0.717, 1.165) is 11.1 Å². The summed E-state index contributed by atoms with van der Waals surface area (Å²) in [5.74, 6) is -0.256. The number of benzene rings is 1. The summed E-state index contributed by atoms with van der Waals surface area (Å²) < 4.78 is 5.15. The molecule has 1 aromatic carbocycles. The fourth-order valence-electron chi connectivity index (χ4n) is 2.84. The van der Waals surface area contributed by atoms with Crippen molar-refractivity contribution in [3.63, 3.8) is 0 Å². The van der Waals surface area contributed by atoms with Gasteiger partial charge in [0.05, 0.1) is 17.9 Å². The van der Waals surface area contributed by atoms with Crippen molar-refractivity contribution in [2.45, 2.75) is 41.2 Å². The summed E-state index contributed by atoms with van der Waals surface area (Å²) in [5, 5.41) is 0. The van der Waals surface area contributed by atoms with Gasteiger partial charge >= 0.3 is 5.97 Å². The molecule has 1 amide bonds. The Morgan fingerprint density at radius 1 is 1.11 bits per heavy atom. The first-order valence-electron chi connectivity index (χ1n) is 9.28. The predicted octanol–water partition coefficient (Wildman–Crippen LogP) is 4.32. The monoisotopic (exact) mass is 368 g/mol. The van der Waals surface area contributed by atoms with Gasteiger partial charge in [-0.25, -0.2) is 4.79 Å². The standard InChI is InChI=1S/C22H28N2O3/c1-6-24(21(26)22(3,4)5)15-16-12-13-23-19(14-16)17-10-8-9-11-18(17)20(25)27-7-2/h8-14H,6-7,15H2,1-5H3. The van der Waals surface area contributed by atoms with Gasteiger partial charge in [0, 0.05) is 30.3 Å². The van der Waals surface area contributed by atoms with Crippen LogP contribution in [-0.4, -0.2) is 34.9 Å². The van der Waals surface area contributed by atoms with E-state index in [4.69, 9.17) is 4.74 Å². The van der Waals surface area contributed by atoms with E-state index in [9.17, 15) is 9.59 Å². The van der Waals surface area contributed by atoms with Crippen LogP contribution in [-0.2, 0) is 16.1 Å². The molecular formula is C22H28N2O3. The highest BCUT2D eigenvalue weighted by Gasteiger charge is 2.26. The smallest absolute Gasteiger partial charge is 0.338 e. The topological polar surface area (TPSA) is 59.5 Å². The number of amides is 1. The average molecular weight is 368 g/mol. The molecule has 5 nitrogen and oxygen atoms in total. The normalized spacial score (nSPS) is 11.1. The molecule has 2 rings (SSSR count). The minimum atomic E-state index is -0.428. The molecular weight excluding hydrogens is 340 g/mol. The first-order chi connectivity index (χ1) is 12.8. The van der Waals surface area contributed by atoms with Gasteiger partial charge in [-0.3, -0.25) is 9.78 Å². The summed E-state index contributed by atoms with van der Waals surface area (Å²) in [7, 11) is 0. The van der Waals surface area contributed by atoms with Crippen LogP contribution in [0.5, 0.6) is 0 Å². The summed E-state index contributed by atoms with van der Waals surface area (Å²) in [6.07, 6.45) is 1.71. The first-order valence-corrected chi connectivity index (χ1v) is 9.28. The SMILES string of the molecule is CCOC(=O)c1ccccc1-c1cc(CN(CC)C(=O)C(C)(C)C)ccn1. The zero-order valence-electron chi connectivity index (χ0n) is 16.8. The zero-order chi connectivity index (χ0) is 20.0. The maximum Gasteiger partial charge on any atom is 0.338 e. The van der Waals surface area contributed by atoms with Crippen LogP contribution in [0.15, 0.2) is 42.6 Å². The van der Waals surface area contributed by atoms with E-state index in [0.29, 0.717) is 31.0 Å². The number of esters is 1. The highest BCUT2D eigenvalue weighted by atomic mass is 16.5. The van der Waals surface area contributed by atoms with E-state index < -0.39 is 5.41 Å². The lowest BCUT2D eigenvalue weighted by Gasteiger charge is -2.28. The Kier molecular flexibility index (Phi) is 6.72. The molecule has 0 radical (unpaired) electrons. The molecule has 0 aliphatic rings. The van der Waals surface area contributed by atoms with Gasteiger partial charge in [-0.15, -0.1) is 0 Å². The molecule has 0 aliphatic heterocycles. The lowest BCUT2D eigenvalue weighted by atomic mass is 9.94. The van der Waals surface area contributed by atoms with Gasteiger partial charge in [0.1, 0.15) is 0 Å². The van der Waals surface area contributed by atoms with E-state index in [1.54, 1.807) is 25.3 Å². The Labute approximate surface area is 161 Å². The second-order valence-corrected chi connectivity index (χ2v) is 7.38. The number of aromatic nitrogens is 1. The third-order valence-electron chi connectivity index (χ3n) is 4.21. The summed E-state index contributed by atoms with van der Waals surface area (Å²) in [6.45, 7) is 11.0. The minimum absolute atomic E-state index is 0.107. The van der Waals surface area contributed by atoms with Crippen molar-refractivity contribution in [3.8, 4) is 11.3 Å². The highest BCUT2D eigenvalue weighted by Crippen LogP contribution is 2.25. The van der Waals surface area contributed by atoms with E-state index >= 15 is 0 Å². The molecule has 0 unspecified atom stereocenters. The van der Waals surface area contributed by atoms with Crippen molar-refractivity contribution < 1.29 is 14.3 Å². The second kappa shape index (κ2) is 8.80. The minimum Gasteiger partial charge on any atom is -0.462 e. The van der Waals surface area contributed by atoms with Gasteiger partial charge < -0.3 is 9.64 Å². The summed E-state index contributed by atoms with van der Waals surface area (Å²) in [6, 6.07) is 11.1. The quantitative estimate of drug-likeness (QED) is 0.713. The molecule has 0 saturated heterocycles. The Morgan fingerprint density at radius 3 is 2.44 bits per heavy atom. The van der Waals surface area contributed by atoms with E-state index in [1.807, 2.05) is 56.9 Å². The van der Waals surface area contributed by atoms with Gasteiger partial charge in [0.15, 0.2) is 0 Å². The zero-order valence-corrected chi connectivity index (χ0v) is 16.8. The number of pyridine rings is 1. The molecule has 1 heterocycles. The Morgan fingerprint density at radius 2 is 1.81 bits per heavy atom. The van der Waals surface area contributed by atoms with E-state index in [1.165, 1.54) is 0 Å². The van der Waals surface area contributed by atoms with E-state index in [2.05, 4.69) is 4.98 Å². The second-order valence-electron chi connectivity index (χ2n) is 7.38. The largest absolute Gasteiger partial charge is 0.462 e. The Bertz CT molecular complexity index is 809. The Balaban J connectivity index is 2.34. The predicted molar refractivity (Wildman–Crippen MR) is 106 cm³/mol. The maximum absolute atomic E-state index is 12.6. The van der Waals surface area contributed by atoms with Crippen LogP contribution in [0.4, 0.5) is 0 Å². The molecule has 0 spiro atoms. The number of hydrogen-bond acceptors (Lipinski definition) is 4. The third kappa shape index (κ3) is 5.16. The van der Waals surface area contributed by atoms with Crippen LogP contribution in [0.1, 0.15) is 50.5 Å². The molecule has 27 heavy (non-hydrogen) atoms. The van der Waals surface area contributed by atoms with Crippen molar-refractivity contribution in [1.29, 1.82) is 0 Å². The number of carbonyl (C=O) groups excluding carboxylic acids is 2. The van der Waals surface area contributed by atoms with Crippen LogP contribution in [0.2, 0.25) is 0 Å². The van der Waals surface area contributed by atoms with Gasteiger partial charge in [0.25, 0.3) is 0 Å². The Hall–Kier alpha value is -2.69. The van der Waals surface area contributed by atoms with E-state index in [-0.39, 0.29) is 11.9 Å².